The highest BCUT2D eigenvalue weighted by molar-refractivity contribution is 7.62. The predicted octanol–water partition coefficient (Wildman–Crippen LogP) is 5.32. The maximum absolute atomic E-state index is 11.7. The molecule has 0 bridgehead atoms. The third kappa shape index (κ3) is 8.61. The number of amides is 1. The topological polar surface area (TPSA) is 108 Å². The van der Waals surface area contributed by atoms with Crippen molar-refractivity contribution in [3.63, 3.8) is 0 Å². The molecule has 0 radical (unpaired) electrons. The first-order chi connectivity index (χ1) is 17.4. The van der Waals surface area contributed by atoms with Crippen LogP contribution in [0.3, 0.4) is 0 Å². The average Bonchev–Trinajstić information content (AvgIpc) is 2.91. The number of nitrogens with zero attached hydrogens (tertiary/aromatic N) is 3. The summed E-state index contributed by atoms with van der Waals surface area (Å²) in [7, 11) is -1.13. The molecule has 36 heavy (non-hydrogen) atoms. The molecule has 0 atom stereocenters. The number of ether oxygens (including phenoxy) is 2. The van der Waals surface area contributed by atoms with E-state index in [1.54, 1.807) is 31.4 Å². The molecule has 0 spiro atoms. The third-order valence-corrected chi connectivity index (χ3v) is 5.30. The van der Waals surface area contributed by atoms with Gasteiger partial charge in [-0.15, -0.1) is 10.2 Å². The summed E-state index contributed by atoms with van der Waals surface area (Å²) in [6.07, 6.45) is 0.704. The van der Waals surface area contributed by atoms with Crippen LogP contribution in [0, 0.1) is 0 Å². The summed E-state index contributed by atoms with van der Waals surface area (Å²) in [5.41, 5.74) is 2.37. The summed E-state index contributed by atoms with van der Waals surface area (Å²) in [4.78, 5) is 11.7. The number of rotatable bonds is 7. The maximum atomic E-state index is 11.7. The molecule has 184 valence electrons. The molecule has 0 aliphatic carbocycles. The Morgan fingerprint density at radius 3 is 2.28 bits per heavy atom. The SMILES string of the molecule is COc1ccccc1.O=C(N=S(=O)=O)c1cccc(-c2ccc(OCCc3ccc(Cl)cc3)nn2)c1. The normalized spacial score (nSPS) is 9.94. The molecular formula is C26H22ClN3O5S. The molecule has 10 heteroatoms. The van der Waals surface area contributed by atoms with Gasteiger partial charge in [-0.3, -0.25) is 4.79 Å². The van der Waals surface area contributed by atoms with E-state index in [-0.39, 0.29) is 5.56 Å². The van der Waals surface area contributed by atoms with Gasteiger partial charge >= 0.3 is 10.5 Å². The minimum atomic E-state index is -2.79. The van der Waals surface area contributed by atoms with Gasteiger partial charge in [0.05, 0.1) is 19.4 Å². The van der Waals surface area contributed by atoms with Crippen LogP contribution in [0.25, 0.3) is 11.3 Å². The monoisotopic (exact) mass is 523 g/mol. The highest BCUT2D eigenvalue weighted by Crippen LogP contribution is 2.20. The molecule has 8 nitrogen and oxygen atoms in total. The van der Waals surface area contributed by atoms with Gasteiger partial charge in [-0.25, -0.2) is 0 Å². The molecule has 1 heterocycles. The first kappa shape index (κ1) is 26.5. The number of methoxy groups -OCH3 is 1. The Morgan fingerprint density at radius 2 is 1.67 bits per heavy atom. The van der Waals surface area contributed by atoms with E-state index < -0.39 is 16.4 Å². The number of halogens is 1. The Hall–Kier alpha value is -4.08. The van der Waals surface area contributed by atoms with Gasteiger partial charge in [0.15, 0.2) is 0 Å². The van der Waals surface area contributed by atoms with E-state index in [4.69, 9.17) is 21.1 Å². The molecule has 4 rings (SSSR count). The molecular weight excluding hydrogens is 502 g/mol. The fraction of sp³-hybridized carbons (Fsp3) is 0.115. The van der Waals surface area contributed by atoms with E-state index in [0.717, 1.165) is 11.3 Å². The van der Waals surface area contributed by atoms with Crippen molar-refractivity contribution >= 4 is 28.0 Å². The van der Waals surface area contributed by atoms with E-state index in [1.165, 1.54) is 12.1 Å². The lowest BCUT2D eigenvalue weighted by Crippen LogP contribution is -2.03. The van der Waals surface area contributed by atoms with Crippen LogP contribution in [-0.4, -0.2) is 38.2 Å². The highest BCUT2D eigenvalue weighted by Gasteiger charge is 2.08. The smallest absolute Gasteiger partial charge is 0.319 e. The summed E-state index contributed by atoms with van der Waals surface area (Å²) in [6, 6.07) is 26.9. The quantitative estimate of drug-likeness (QED) is 0.322. The van der Waals surface area contributed by atoms with Gasteiger partial charge in [0, 0.05) is 28.6 Å². The van der Waals surface area contributed by atoms with Gasteiger partial charge in [0.2, 0.25) is 5.88 Å². The Morgan fingerprint density at radius 1 is 0.917 bits per heavy atom. The van der Waals surface area contributed by atoms with Gasteiger partial charge in [-0.1, -0.05) is 58.4 Å². The molecule has 0 N–H and O–H groups in total. The van der Waals surface area contributed by atoms with Crippen molar-refractivity contribution in [1.82, 2.24) is 10.2 Å². The molecule has 0 saturated heterocycles. The van der Waals surface area contributed by atoms with E-state index in [0.29, 0.717) is 35.2 Å². The molecule has 1 aromatic heterocycles. The van der Waals surface area contributed by atoms with Gasteiger partial charge < -0.3 is 9.47 Å². The Kier molecular flexibility index (Phi) is 10.1. The van der Waals surface area contributed by atoms with E-state index in [9.17, 15) is 13.2 Å². The molecule has 0 aliphatic rings. The standard InChI is InChI=1S/C19H14ClN3O4S.C7H8O/c20-16-6-4-13(5-7-16)10-11-27-18-9-8-17(21-22-18)14-2-1-3-15(12-14)19(24)23-28(25)26;1-8-7-5-3-2-4-6-7/h1-9,12H,10-11H2;2-6H,1H3. The zero-order chi connectivity index (χ0) is 25.8. The second-order valence-corrected chi connectivity index (χ2v) is 8.25. The summed E-state index contributed by atoms with van der Waals surface area (Å²) in [5.74, 6) is 0.444. The molecule has 0 unspecified atom stereocenters. The molecule has 1 amide bonds. The molecule has 0 fully saturated rings. The van der Waals surface area contributed by atoms with Crippen LogP contribution in [0.2, 0.25) is 5.02 Å². The summed E-state index contributed by atoms with van der Waals surface area (Å²) >= 11 is 5.86. The van der Waals surface area contributed by atoms with Crippen molar-refractivity contribution in [2.45, 2.75) is 6.42 Å². The van der Waals surface area contributed by atoms with Gasteiger partial charge in [-0.2, -0.15) is 8.42 Å². The van der Waals surface area contributed by atoms with Gasteiger partial charge in [0.1, 0.15) is 5.75 Å². The summed E-state index contributed by atoms with van der Waals surface area (Å²) < 4.78 is 34.6. The lowest BCUT2D eigenvalue weighted by Gasteiger charge is -2.06. The number of benzene rings is 3. The zero-order valence-corrected chi connectivity index (χ0v) is 20.8. The van der Waals surface area contributed by atoms with Crippen LogP contribution in [0.15, 0.2) is 95.4 Å². The minimum absolute atomic E-state index is 0.145. The third-order valence-electron chi connectivity index (χ3n) is 4.74. The highest BCUT2D eigenvalue weighted by atomic mass is 35.5. The lowest BCUT2D eigenvalue weighted by atomic mass is 10.1. The van der Waals surface area contributed by atoms with Crippen LogP contribution < -0.4 is 9.47 Å². The molecule has 0 aliphatic heterocycles. The van der Waals surface area contributed by atoms with Crippen molar-refractivity contribution in [2.75, 3.05) is 13.7 Å². The fourth-order valence-electron chi connectivity index (χ4n) is 2.96. The number of hydrogen-bond donors (Lipinski definition) is 0. The van der Waals surface area contributed by atoms with Crippen LogP contribution in [-0.2, 0) is 16.9 Å². The van der Waals surface area contributed by atoms with Crippen molar-refractivity contribution in [2.24, 2.45) is 4.36 Å². The maximum Gasteiger partial charge on any atom is 0.319 e. The molecule has 0 saturated carbocycles. The van der Waals surface area contributed by atoms with Gasteiger partial charge in [-0.05, 0) is 48.0 Å². The molecule has 3 aromatic carbocycles. The minimum Gasteiger partial charge on any atom is -0.497 e. The Balaban J connectivity index is 0.000000383. The van der Waals surface area contributed by atoms with E-state index in [1.807, 2.05) is 54.6 Å². The Bertz CT molecular complexity index is 1400. The molecule has 4 aromatic rings. The number of carbonyl (C=O) groups excluding carboxylic acids is 1. The van der Waals surface area contributed by atoms with Crippen molar-refractivity contribution < 1.29 is 22.7 Å². The Labute approximate surface area is 215 Å². The number of carbonyl (C=O) groups is 1. The second-order valence-electron chi connectivity index (χ2n) is 7.19. The van der Waals surface area contributed by atoms with Gasteiger partial charge in [0.25, 0.3) is 5.91 Å². The van der Waals surface area contributed by atoms with E-state index >= 15 is 0 Å². The van der Waals surface area contributed by atoms with Crippen molar-refractivity contribution in [3.05, 3.63) is 107 Å². The first-order valence-electron chi connectivity index (χ1n) is 10.7. The average molecular weight is 524 g/mol. The fourth-order valence-corrected chi connectivity index (χ4v) is 3.33. The van der Waals surface area contributed by atoms with Crippen LogP contribution in [0.5, 0.6) is 11.6 Å². The largest absolute Gasteiger partial charge is 0.497 e. The number of aromatic nitrogens is 2. The van der Waals surface area contributed by atoms with Crippen molar-refractivity contribution in [1.29, 1.82) is 0 Å². The zero-order valence-electron chi connectivity index (χ0n) is 19.2. The number of para-hydroxylation sites is 1. The summed E-state index contributed by atoms with van der Waals surface area (Å²) in [5, 5.41) is 8.80. The van der Waals surface area contributed by atoms with Crippen LogP contribution in [0.1, 0.15) is 15.9 Å². The summed E-state index contributed by atoms with van der Waals surface area (Å²) in [6.45, 7) is 0.438. The van der Waals surface area contributed by atoms with Crippen LogP contribution in [0.4, 0.5) is 0 Å². The van der Waals surface area contributed by atoms with E-state index in [2.05, 4.69) is 14.6 Å². The first-order valence-corrected chi connectivity index (χ1v) is 12.1. The second kappa shape index (κ2) is 13.7. The van der Waals surface area contributed by atoms with Crippen LogP contribution >= 0.6 is 11.6 Å². The lowest BCUT2D eigenvalue weighted by molar-refractivity contribution is 0.100. The number of hydrogen-bond acceptors (Lipinski definition) is 7. The van der Waals surface area contributed by atoms with Crippen molar-refractivity contribution in [3.8, 4) is 22.9 Å². The predicted molar refractivity (Wildman–Crippen MR) is 137 cm³/mol.